The van der Waals surface area contributed by atoms with E-state index in [-0.39, 0.29) is 18.3 Å². The maximum Gasteiger partial charge on any atom is 0.201 e. The highest BCUT2D eigenvalue weighted by atomic mass is 32.2. The lowest BCUT2D eigenvalue weighted by atomic mass is 9.45. The number of ketones is 1. The second-order valence-corrected chi connectivity index (χ2v) is 8.94. The van der Waals surface area contributed by atoms with Gasteiger partial charge < -0.3 is 9.84 Å². The van der Waals surface area contributed by atoms with Crippen molar-refractivity contribution in [1.29, 1.82) is 0 Å². The number of hydrogen-bond donors (Lipinski definition) is 1. The van der Waals surface area contributed by atoms with Gasteiger partial charge in [-0.05, 0) is 42.9 Å². The minimum Gasteiger partial charge on any atom is -0.396 e. The van der Waals surface area contributed by atoms with Crippen LogP contribution < -0.4 is 0 Å². The average molecular weight is 349 g/mol. The maximum atomic E-state index is 12.8. The van der Waals surface area contributed by atoms with E-state index in [4.69, 9.17) is 4.74 Å². The third-order valence-electron chi connectivity index (χ3n) is 6.16. The van der Waals surface area contributed by atoms with Crippen molar-refractivity contribution < 1.29 is 14.6 Å². The van der Waals surface area contributed by atoms with Crippen molar-refractivity contribution in [2.45, 2.75) is 44.3 Å². The molecule has 4 heteroatoms. The first-order valence-electron chi connectivity index (χ1n) is 8.96. The summed E-state index contributed by atoms with van der Waals surface area (Å²) >= 11 is 1.63. The summed E-state index contributed by atoms with van der Waals surface area (Å²) in [5.74, 6) is 1.57. The van der Waals surface area contributed by atoms with E-state index in [0.29, 0.717) is 34.7 Å². The highest BCUT2D eigenvalue weighted by Crippen LogP contribution is 2.63. The largest absolute Gasteiger partial charge is 0.396 e. The van der Waals surface area contributed by atoms with Crippen molar-refractivity contribution in [2.24, 2.45) is 23.2 Å². The smallest absolute Gasteiger partial charge is 0.201 e. The van der Waals surface area contributed by atoms with E-state index in [2.05, 4.69) is 13.8 Å². The molecule has 0 aliphatic heterocycles. The molecule has 3 fully saturated rings. The van der Waals surface area contributed by atoms with E-state index in [0.717, 1.165) is 6.42 Å². The fourth-order valence-electron chi connectivity index (χ4n) is 4.52. The summed E-state index contributed by atoms with van der Waals surface area (Å²) in [6.45, 7) is 7.30. The zero-order valence-electron chi connectivity index (χ0n) is 14.8. The van der Waals surface area contributed by atoms with Gasteiger partial charge in [-0.3, -0.25) is 4.79 Å². The quantitative estimate of drug-likeness (QED) is 0.597. The van der Waals surface area contributed by atoms with Crippen LogP contribution in [-0.2, 0) is 4.74 Å². The van der Waals surface area contributed by atoms with Crippen molar-refractivity contribution in [3.05, 3.63) is 35.9 Å². The molecule has 0 heterocycles. The van der Waals surface area contributed by atoms with Gasteiger partial charge in [-0.25, -0.2) is 0 Å². The van der Waals surface area contributed by atoms with Crippen LogP contribution in [-0.4, -0.2) is 34.8 Å². The molecule has 132 valence electrons. The average Bonchev–Trinajstić information content (AvgIpc) is 2.61. The van der Waals surface area contributed by atoms with Gasteiger partial charge in [0.25, 0.3) is 0 Å². The zero-order valence-corrected chi connectivity index (χ0v) is 15.6. The molecule has 0 spiro atoms. The summed E-state index contributed by atoms with van der Waals surface area (Å²) in [5.41, 5.74) is 0.553. The number of thioether (sulfide) groups is 1. The Morgan fingerprint density at radius 3 is 2.62 bits per heavy atom. The van der Waals surface area contributed by atoms with Gasteiger partial charge in [0.2, 0.25) is 5.78 Å². The van der Waals surface area contributed by atoms with Gasteiger partial charge in [0.15, 0.2) is 5.44 Å². The van der Waals surface area contributed by atoms with Crippen LogP contribution in [0.5, 0.6) is 0 Å². The van der Waals surface area contributed by atoms with Gasteiger partial charge in [-0.2, -0.15) is 0 Å². The van der Waals surface area contributed by atoms with Crippen LogP contribution in [0.15, 0.2) is 30.3 Å². The predicted molar refractivity (Wildman–Crippen MR) is 98.1 cm³/mol. The molecule has 0 unspecified atom stereocenters. The molecule has 1 aromatic carbocycles. The molecule has 3 saturated carbocycles. The standard InChI is InChI=1S/C20H28O3S/c1-4-23-19(18(22)13-8-6-5-7-9-13)24-17-11-14-10-16(15(17)12-21)20(14,2)3/h5-9,14-17,19,21H,4,10-12H2,1-3H3/t14-,15+,16+,17+,19-/m1/s1. The van der Waals surface area contributed by atoms with Crippen LogP contribution in [0.2, 0.25) is 0 Å². The fourth-order valence-corrected chi connectivity index (χ4v) is 6.14. The number of hydrogen-bond acceptors (Lipinski definition) is 4. The van der Waals surface area contributed by atoms with Crippen molar-refractivity contribution in [3.8, 4) is 0 Å². The highest BCUT2D eigenvalue weighted by molar-refractivity contribution is 8.01. The Balaban J connectivity index is 1.73. The second kappa shape index (κ2) is 7.19. The number of rotatable bonds is 7. The Morgan fingerprint density at radius 1 is 1.33 bits per heavy atom. The summed E-state index contributed by atoms with van der Waals surface area (Å²) in [6.07, 6.45) is 2.30. The number of fused-ring (bicyclic) bond motifs is 2. The molecule has 1 N–H and O–H groups in total. The first kappa shape index (κ1) is 18.0. The molecule has 2 bridgehead atoms. The zero-order chi connectivity index (χ0) is 17.3. The third kappa shape index (κ3) is 3.16. The Kier molecular flexibility index (Phi) is 5.38. The molecule has 0 saturated heterocycles. The van der Waals surface area contributed by atoms with Crippen molar-refractivity contribution in [2.75, 3.05) is 13.2 Å². The number of benzene rings is 1. The number of aliphatic hydroxyl groups is 1. The Hall–Kier alpha value is -0.840. The third-order valence-corrected chi connectivity index (χ3v) is 7.65. The number of carbonyl (C=O) groups is 1. The molecule has 5 atom stereocenters. The van der Waals surface area contributed by atoms with E-state index < -0.39 is 5.44 Å². The van der Waals surface area contributed by atoms with Crippen molar-refractivity contribution >= 4 is 17.5 Å². The van der Waals surface area contributed by atoms with Crippen LogP contribution in [0.3, 0.4) is 0 Å². The Bertz CT molecular complexity index is 572. The molecule has 4 rings (SSSR count). The van der Waals surface area contributed by atoms with Crippen LogP contribution in [0.4, 0.5) is 0 Å². The fraction of sp³-hybridized carbons (Fsp3) is 0.650. The summed E-state index contributed by atoms with van der Waals surface area (Å²) in [7, 11) is 0. The lowest BCUT2D eigenvalue weighted by molar-refractivity contribution is -0.113. The SMILES string of the molecule is CCO[C@H](S[C@H]1C[C@H]2C[C@@H]([C@@H]1CO)C2(C)C)C(=O)c1ccccc1. The van der Waals surface area contributed by atoms with Crippen LogP contribution >= 0.6 is 11.8 Å². The maximum absolute atomic E-state index is 12.8. The number of aliphatic hydroxyl groups excluding tert-OH is 1. The molecule has 0 radical (unpaired) electrons. The summed E-state index contributed by atoms with van der Waals surface area (Å²) in [6, 6.07) is 9.38. The molecule has 1 aromatic rings. The van der Waals surface area contributed by atoms with Crippen LogP contribution in [0, 0.1) is 23.2 Å². The number of carbonyl (C=O) groups excluding carboxylic acids is 1. The predicted octanol–water partition coefficient (Wildman–Crippen LogP) is 4.01. The minimum absolute atomic E-state index is 0.0395. The van der Waals surface area contributed by atoms with Gasteiger partial charge in [-0.1, -0.05) is 44.2 Å². The van der Waals surface area contributed by atoms with Crippen molar-refractivity contribution in [1.82, 2.24) is 0 Å². The molecule has 0 aromatic heterocycles. The Labute approximate surface area is 149 Å². The van der Waals surface area contributed by atoms with E-state index in [9.17, 15) is 9.90 Å². The summed E-state index contributed by atoms with van der Waals surface area (Å²) < 4.78 is 5.79. The number of ether oxygens (including phenoxy) is 1. The molecular weight excluding hydrogens is 320 g/mol. The molecule has 3 nitrogen and oxygen atoms in total. The van der Waals surface area contributed by atoms with E-state index in [1.807, 2.05) is 37.3 Å². The van der Waals surface area contributed by atoms with Gasteiger partial charge in [0, 0.05) is 24.0 Å². The van der Waals surface area contributed by atoms with Crippen LogP contribution in [0.1, 0.15) is 44.0 Å². The lowest BCUT2D eigenvalue weighted by Crippen LogP contribution is -2.58. The summed E-state index contributed by atoms with van der Waals surface area (Å²) in [4.78, 5) is 12.8. The first-order valence-corrected chi connectivity index (χ1v) is 9.90. The van der Waals surface area contributed by atoms with E-state index >= 15 is 0 Å². The molecule has 3 aliphatic rings. The summed E-state index contributed by atoms with van der Waals surface area (Å²) in [5, 5.41) is 10.2. The monoisotopic (exact) mass is 348 g/mol. The van der Waals surface area contributed by atoms with Crippen molar-refractivity contribution in [3.63, 3.8) is 0 Å². The molecule has 3 aliphatic carbocycles. The highest BCUT2D eigenvalue weighted by Gasteiger charge is 2.57. The topological polar surface area (TPSA) is 46.5 Å². The first-order chi connectivity index (χ1) is 11.5. The lowest BCUT2D eigenvalue weighted by Gasteiger charge is -2.62. The van der Waals surface area contributed by atoms with E-state index in [1.165, 1.54) is 6.42 Å². The molecule has 0 amide bonds. The molecular formula is C20H28O3S. The van der Waals surface area contributed by atoms with Gasteiger partial charge in [0.05, 0.1) is 0 Å². The molecule has 24 heavy (non-hydrogen) atoms. The number of Topliss-reactive ketones (excluding diaryl/α,β-unsaturated/α-hetero) is 1. The Morgan fingerprint density at radius 2 is 2.04 bits per heavy atom. The van der Waals surface area contributed by atoms with Gasteiger partial charge in [-0.15, -0.1) is 11.8 Å². The van der Waals surface area contributed by atoms with Gasteiger partial charge in [0.1, 0.15) is 0 Å². The minimum atomic E-state index is -0.475. The van der Waals surface area contributed by atoms with Gasteiger partial charge >= 0.3 is 0 Å². The van der Waals surface area contributed by atoms with E-state index in [1.54, 1.807) is 11.8 Å². The second-order valence-electron chi connectivity index (χ2n) is 7.63. The van der Waals surface area contributed by atoms with Crippen LogP contribution in [0.25, 0.3) is 0 Å². The normalized spacial score (nSPS) is 32.0.